The number of amides is 2. The minimum Gasteiger partial charge on any atom is -0.364 e. The lowest BCUT2D eigenvalue weighted by Crippen LogP contribution is -2.19. The molecule has 9 heteroatoms. The summed E-state index contributed by atoms with van der Waals surface area (Å²) in [6, 6.07) is 16.1. The first-order valence-corrected chi connectivity index (χ1v) is 12.0. The highest BCUT2D eigenvalue weighted by atomic mass is 19.4. The van der Waals surface area contributed by atoms with Crippen molar-refractivity contribution in [3.63, 3.8) is 0 Å². The molecule has 1 aliphatic heterocycles. The lowest BCUT2D eigenvalue weighted by molar-refractivity contribution is -0.137. The molecule has 4 aromatic rings. The number of alkyl halides is 3. The molecule has 37 heavy (non-hydrogen) atoms. The molecule has 0 spiro atoms. The minimum atomic E-state index is -4.38. The molecule has 2 aromatic carbocycles. The van der Waals surface area contributed by atoms with Crippen molar-refractivity contribution in [1.82, 2.24) is 14.9 Å². The van der Waals surface area contributed by atoms with Gasteiger partial charge in [-0.05, 0) is 66.8 Å². The van der Waals surface area contributed by atoms with E-state index in [2.05, 4.69) is 10.3 Å². The van der Waals surface area contributed by atoms with Crippen LogP contribution in [0.25, 0.3) is 22.2 Å². The molecule has 1 saturated heterocycles. The number of rotatable bonds is 7. The summed E-state index contributed by atoms with van der Waals surface area (Å²) in [5, 5.41) is 3.84. The summed E-state index contributed by atoms with van der Waals surface area (Å²) in [5.74, 6) is -0.576. The van der Waals surface area contributed by atoms with Gasteiger partial charge in [-0.1, -0.05) is 24.3 Å². The Kier molecular flexibility index (Phi) is 6.45. The van der Waals surface area contributed by atoms with Gasteiger partial charge in [0.25, 0.3) is 5.91 Å². The maximum Gasteiger partial charge on any atom is 0.416 e. The zero-order valence-electron chi connectivity index (χ0n) is 19.9. The summed E-state index contributed by atoms with van der Waals surface area (Å²) in [5.41, 5.74) is 9.00. The predicted octanol–water partition coefficient (Wildman–Crippen LogP) is 4.94. The van der Waals surface area contributed by atoms with Gasteiger partial charge in [-0.25, -0.2) is 4.98 Å². The molecule has 3 N–H and O–H groups in total. The minimum absolute atomic E-state index is 0.0367. The van der Waals surface area contributed by atoms with Crippen molar-refractivity contribution < 1.29 is 22.8 Å². The Bertz CT molecular complexity index is 1480. The number of halogens is 3. The highest BCUT2D eigenvalue weighted by Crippen LogP contribution is 2.32. The number of hydrogen-bond donors (Lipinski definition) is 2. The molecule has 6 nitrogen and oxygen atoms in total. The molecule has 0 bridgehead atoms. The van der Waals surface area contributed by atoms with Crippen LogP contribution in [0, 0.1) is 5.92 Å². The Morgan fingerprint density at radius 1 is 1.11 bits per heavy atom. The number of benzene rings is 2. The molecule has 5 rings (SSSR count). The topological polar surface area (TPSA) is 90.0 Å². The van der Waals surface area contributed by atoms with E-state index in [-0.39, 0.29) is 17.5 Å². The van der Waals surface area contributed by atoms with Crippen molar-refractivity contribution in [3.8, 4) is 11.3 Å². The number of aryl methyl sites for hydroxylation is 1. The second kappa shape index (κ2) is 9.72. The SMILES string of the molecule is NC(=O)c1cccc(-c2ccc3c(c2)c(CC[C@H]2CCNC2=O)cn3Cc2ccc(C(F)(F)F)cc2)n1. The van der Waals surface area contributed by atoms with Gasteiger partial charge in [-0.2, -0.15) is 13.2 Å². The molecule has 1 atom stereocenters. The zero-order chi connectivity index (χ0) is 26.2. The molecule has 0 unspecified atom stereocenters. The lowest BCUT2D eigenvalue weighted by Gasteiger charge is -2.09. The fourth-order valence-electron chi connectivity index (χ4n) is 4.84. The fraction of sp³-hybridized carbons (Fsp3) is 0.250. The van der Waals surface area contributed by atoms with E-state index < -0.39 is 17.6 Å². The number of nitrogens with two attached hydrogens (primary N) is 1. The van der Waals surface area contributed by atoms with Crippen LogP contribution < -0.4 is 11.1 Å². The molecule has 3 heterocycles. The third-order valence-electron chi connectivity index (χ3n) is 6.82. The summed E-state index contributed by atoms with van der Waals surface area (Å²) in [7, 11) is 0. The molecular weight excluding hydrogens is 481 g/mol. The Labute approximate surface area is 211 Å². The van der Waals surface area contributed by atoms with Gasteiger partial charge < -0.3 is 15.6 Å². The number of primary amides is 1. The van der Waals surface area contributed by atoms with Crippen molar-refractivity contribution in [3.05, 3.63) is 89.2 Å². The summed E-state index contributed by atoms with van der Waals surface area (Å²) in [6.07, 6.45) is -0.198. The molecule has 1 fully saturated rings. The lowest BCUT2D eigenvalue weighted by atomic mass is 9.97. The van der Waals surface area contributed by atoms with Crippen molar-refractivity contribution in [2.24, 2.45) is 11.7 Å². The maximum absolute atomic E-state index is 13.0. The first-order valence-electron chi connectivity index (χ1n) is 12.0. The van der Waals surface area contributed by atoms with Crippen molar-refractivity contribution in [2.45, 2.75) is 32.0 Å². The standard InChI is InChI=1S/C28H25F3N4O2/c29-28(30,31)21-9-4-17(5-10-21)15-35-16-20(7-6-18-12-13-33-27(18)37)22-14-19(8-11-25(22)35)23-2-1-3-24(34-23)26(32)36/h1-5,8-11,14,16,18H,6-7,12-13,15H2,(H2,32,36)(H,33,37)/t18-/m0/s1. The second-order valence-electron chi connectivity index (χ2n) is 9.30. The van der Waals surface area contributed by atoms with E-state index in [0.29, 0.717) is 31.6 Å². The Morgan fingerprint density at radius 2 is 1.89 bits per heavy atom. The van der Waals surface area contributed by atoms with Gasteiger partial charge in [0, 0.05) is 41.7 Å². The number of nitrogens with one attached hydrogen (secondary N) is 1. The number of aromatic nitrogens is 2. The molecule has 0 saturated carbocycles. The predicted molar refractivity (Wildman–Crippen MR) is 134 cm³/mol. The van der Waals surface area contributed by atoms with Gasteiger partial charge in [-0.3, -0.25) is 9.59 Å². The summed E-state index contributed by atoms with van der Waals surface area (Å²) >= 11 is 0. The monoisotopic (exact) mass is 506 g/mol. The largest absolute Gasteiger partial charge is 0.416 e. The smallest absolute Gasteiger partial charge is 0.364 e. The van der Waals surface area contributed by atoms with E-state index in [1.54, 1.807) is 18.2 Å². The first-order chi connectivity index (χ1) is 17.7. The fourth-order valence-corrected chi connectivity index (χ4v) is 4.84. The second-order valence-corrected chi connectivity index (χ2v) is 9.30. The zero-order valence-corrected chi connectivity index (χ0v) is 19.9. The van der Waals surface area contributed by atoms with Crippen molar-refractivity contribution >= 4 is 22.7 Å². The quantitative estimate of drug-likeness (QED) is 0.372. The number of pyridine rings is 1. The van der Waals surface area contributed by atoms with E-state index in [9.17, 15) is 22.8 Å². The highest BCUT2D eigenvalue weighted by molar-refractivity contribution is 5.92. The molecule has 2 aromatic heterocycles. The van der Waals surface area contributed by atoms with Crippen LogP contribution in [0.2, 0.25) is 0 Å². The van der Waals surface area contributed by atoms with Gasteiger partial charge >= 0.3 is 6.18 Å². The van der Waals surface area contributed by atoms with E-state index >= 15 is 0 Å². The van der Waals surface area contributed by atoms with E-state index in [4.69, 9.17) is 5.73 Å². The highest BCUT2D eigenvalue weighted by Gasteiger charge is 2.30. The van der Waals surface area contributed by atoms with Crippen molar-refractivity contribution in [2.75, 3.05) is 6.54 Å². The van der Waals surface area contributed by atoms with Crippen molar-refractivity contribution in [1.29, 1.82) is 0 Å². The van der Waals surface area contributed by atoms with Gasteiger partial charge in [0.2, 0.25) is 5.91 Å². The van der Waals surface area contributed by atoms with E-state index in [1.807, 2.05) is 29.0 Å². The molecular formula is C28H25F3N4O2. The number of carbonyl (C=O) groups is 2. The summed E-state index contributed by atoms with van der Waals surface area (Å²) in [6.45, 7) is 1.08. The van der Waals surface area contributed by atoms with Crippen LogP contribution in [0.4, 0.5) is 13.2 Å². The van der Waals surface area contributed by atoms with Gasteiger partial charge in [0.05, 0.1) is 11.3 Å². The maximum atomic E-state index is 13.0. The molecule has 0 radical (unpaired) electrons. The van der Waals surface area contributed by atoms with Crippen LogP contribution in [0.5, 0.6) is 0 Å². The van der Waals surface area contributed by atoms with Crippen LogP contribution >= 0.6 is 0 Å². The van der Waals surface area contributed by atoms with Crippen LogP contribution in [0.15, 0.2) is 66.9 Å². The molecule has 190 valence electrons. The normalized spacial score (nSPS) is 15.8. The third kappa shape index (κ3) is 5.21. The molecule has 0 aliphatic carbocycles. The Balaban J connectivity index is 1.51. The Hall–Kier alpha value is -4.14. The number of carbonyl (C=O) groups excluding carboxylic acids is 2. The summed E-state index contributed by atoms with van der Waals surface area (Å²) in [4.78, 5) is 28.1. The Morgan fingerprint density at radius 3 is 2.57 bits per heavy atom. The molecule has 1 aliphatic rings. The van der Waals surface area contributed by atoms with E-state index in [0.717, 1.165) is 46.1 Å². The number of hydrogen-bond acceptors (Lipinski definition) is 3. The summed E-state index contributed by atoms with van der Waals surface area (Å²) < 4.78 is 41.0. The van der Waals surface area contributed by atoms with Crippen LogP contribution in [-0.4, -0.2) is 27.9 Å². The van der Waals surface area contributed by atoms with Crippen LogP contribution in [0.3, 0.4) is 0 Å². The number of nitrogens with zero attached hydrogens (tertiary/aromatic N) is 2. The average Bonchev–Trinajstić information content (AvgIpc) is 3.44. The first kappa shape index (κ1) is 24.5. The van der Waals surface area contributed by atoms with Crippen LogP contribution in [-0.2, 0) is 23.9 Å². The van der Waals surface area contributed by atoms with Gasteiger partial charge in [0.15, 0.2) is 0 Å². The van der Waals surface area contributed by atoms with E-state index in [1.165, 1.54) is 12.1 Å². The third-order valence-corrected chi connectivity index (χ3v) is 6.82. The van der Waals surface area contributed by atoms with Gasteiger partial charge in [0.1, 0.15) is 5.69 Å². The average molecular weight is 507 g/mol. The van der Waals surface area contributed by atoms with Gasteiger partial charge in [-0.15, -0.1) is 0 Å². The number of fused-ring (bicyclic) bond motifs is 1. The van der Waals surface area contributed by atoms with Crippen LogP contribution in [0.1, 0.15) is 40.0 Å². The molecule has 2 amide bonds.